The second-order valence-electron chi connectivity index (χ2n) is 4.86. The molecule has 20 heavy (non-hydrogen) atoms. The van der Waals surface area contributed by atoms with E-state index < -0.39 is 0 Å². The van der Waals surface area contributed by atoms with Crippen molar-refractivity contribution in [1.29, 1.82) is 0 Å². The highest BCUT2D eigenvalue weighted by atomic mass is 16.5. The van der Waals surface area contributed by atoms with Gasteiger partial charge in [-0.1, -0.05) is 13.8 Å². The molecule has 0 aliphatic heterocycles. The van der Waals surface area contributed by atoms with Gasteiger partial charge < -0.3 is 9.47 Å². The fourth-order valence-electron chi connectivity index (χ4n) is 2.10. The van der Waals surface area contributed by atoms with Crippen molar-refractivity contribution in [2.24, 2.45) is 0 Å². The van der Waals surface area contributed by atoms with Gasteiger partial charge >= 0.3 is 5.97 Å². The SMILES string of the molecule is CCOC(=O)c1nc2ccc(OC)cc2cc1C(C)C. The number of rotatable bonds is 4. The van der Waals surface area contributed by atoms with E-state index in [2.05, 4.69) is 4.98 Å². The maximum atomic E-state index is 12.0. The molecule has 0 aliphatic rings. The van der Waals surface area contributed by atoms with E-state index in [1.807, 2.05) is 38.1 Å². The van der Waals surface area contributed by atoms with Crippen LogP contribution >= 0.6 is 0 Å². The summed E-state index contributed by atoms with van der Waals surface area (Å²) in [5, 5.41) is 0.959. The average molecular weight is 273 g/mol. The number of carbonyl (C=O) groups excluding carboxylic acids is 1. The Morgan fingerprint density at radius 2 is 2.05 bits per heavy atom. The first-order valence-electron chi connectivity index (χ1n) is 6.72. The third-order valence-electron chi connectivity index (χ3n) is 3.14. The van der Waals surface area contributed by atoms with Crippen molar-refractivity contribution in [1.82, 2.24) is 4.98 Å². The van der Waals surface area contributed by atoms with Gasteiger partial charge in [0.25, 0.3) is 0 Å². The summed E-state index contributed by atoms with van der Waals surface area (Å²) in [6.07, 6.45) is 0. The molecule has 0 aliphatic carbocycles. The van der Waals surface area contributed by atoms with E-state index >= 15 is 0 Å². The quantitative estimate of drug-likeness (QED) is 0.799. The van der Waals surface area contributed by atoms with Gasteiger partial charge in [-0.2, -0.15) is 0 Å². The summed E-state index contributed by atoms with van der Waals surface area (Å²) in [5.41, 5.74) is 2.06. The van der Waals surface area contributed by atoms with Crippen molar-refractivity contribution in [3.05, 3.63) is 35.5 Å². The molecule has 0 saturated heterocycles. The summed E-state index contributed by atoms with van der Waals surface area (Å²) < 4.78 is 10.3. The molecule has 1 aromatic heterocycles. The molecule has 0 spiro atoms. The molecular formula is C16H19NO3. The largest absolute Gasteiger partial charge is 0.497 e. The van der Waals surface area contributed by atoms with E-state index in [9.17, 15) is 4.79 Å². The van der Waals surface area contributed by atoms with Crippen molar-refractivity contribution in [3.8, 4) is 5.75 Å². The highest BCUT2D eigenvalue weighted by Gasteiger charge is 2.18. The van der Waals surface area contributed by atoms with Crippen molar-refractivity contribution >= 4 is 16.9 Å². The Bertz CT molecular complexity index is 635. The number of fused-ring (bicyclic) bond motifs is 1. The van der Waals surface area contributed by atoms with Crippen LogP contribution in [-0.2, 0) is 4.74 Å². The lowest BCUT2D eigenvalue weighted by molar-refractivity contribution is 0.0518. The van der Waals surface area contributed by atoms with E-state index in [0.717, 1.165) is 22.2 Å². The summed E-state index contributed by atoms with van der Waals surface area (Å²) in [6, 6.07) is 7.59. The number of pyridine rings is 1. The molecule has 0 amide bonds. The Morgan fingerprint density at radius 3 is 2.65 bits per heavy atom. The lowest BCUT2D eigenvalue weighted by Crippen LogP contribution is -2.11. The predicted octanol–water partition coefficient (Wildman–Crippen LogP) is 3.54. The maximum absolute atomic E-state index is 12.0. The molecule has 0 fully saturated rings. The monoisotopic (exact) mass is 273 g/mol. The van der Waals surface area contributed by atoms with Gasteiger partial charge in [0.2, 0.25) is 0 Å². The summed E-state index contributed by atoms with van der Waals surface area (Å²) in [6.45, 7) is 6.20. The first kappa shape index (κ1) is 14.3. The number of aromatic nitrogens is 1. The minimum atomic E-state index is -0.367. The lowest BCUT2D eigenvalue weighted by Gasteiger charge is -2.13. The van der Waals surface area contributed by atoms with Crippen molar-refractivity contribution in [3.63, 3.8) is 0 Å². The molecule has 4 nitrogen and oxygen atoms in total. The van der Waals surface area contributed by atoms with Crippen LogP contribution in [0, 0.1) is 0 Å². The predicted molar refractivity (Wildman–Crippen MR) is 78.3 cm³/mol. The molecule has 0 N–H and O–H groups in total. The number of methoxy groups -OCH3 is 1. The van der Waals surface area contributed by atoms with Gasteiger partial charge in [0, 0.05) is 5.39 Å². The van der Waals surface area contributed by atoms with Gasteiger partial charge in [-0.25, -0.2) is 9.78 Å². The third-order valence-corrected chi connectivity index (χ3v) is 3.14. The molecule has 0 bridgehead atoms. The molecule has 1 heterocycles. The van der Waals surface area contributed by atoms with Crippen LogP contribution in [0.5, 0.6) is 5.75 Å². The van der Waals surface area contributed by atoms with Crippen LogP contribution < -0.4 is 4.74 Å². The van der Waals surface area contributed by atoms with Gasteiger partial charge in [0.05, 0.1) is 19.2 Å². The smallest absolute Gasteiger partial charge is 0.357 e. The van der Waals surface area contributed by atoms with Crippen LogP contribution in [0.25, 0.3) is 10.9 Å². The fourth-order valence-corrected chi connectivity index (χ4v) is 2.10. The summed E-state index contributed by atoms with van der Waals surface area (Å²) >= 11 is 0. The minimum absolute atomic E-state index is 0.192. The highest BCUT2D eigenvalue weighted by molar-refractivity contribution is 5.93. The zero-order chi connectivity index (χ0) is 14.7. The van der Waals surface area contributed by atoms with Crippen LogP contribution in [0.2, 0.25) is 0 Å². The van der Waals surface area contributed by atoms with Crippen molar-refractivity contribution in [2.45, 2.75) is 26.7 Å². The molecule has 0 radical (unpaired) electrons. The Balaban J connectivity index is 2.61. The Hall–Kier alpha value is -2.10. The summed E-state index contributed by atoms with van der Waals surface area (Å²) in [7, 11) is 1.63. The fraction of sp³-hybridized carbons (Fsp3) is 0.375. The van der Waals surface area contributed by atoms with E-state index in [0.29, 0.717) is 12.3 Å². The summed E-state index contributed by atoms with van der Waals surface area (Å²) in [4.78, 5) is 16.5. The van der Waals surface area contributed by atoms with Gasteiger partial charge in [-0.15, -0.1) is 0 Å². The average Bonchev–Trinajstić information content (AvgIpc) is 2.45. The molecule has 4 heteroatoms. The number of hydrogen-bond acceptors (Lipinski definition) is 4. The number of esters is 1. The normalized spacial score (nSPS) is 10.8. The minimum Gasteiger partial charge on any atom is -0.497 e. The van der Waals surface area contributed by atoms with Crippen LogP contribution in [-0.4, -0.2) is 24.7 Å². The Kier molecular flexibility index (Phi) is 4.23. The molecule has 1 aromatic carbocycles. The van der Waals surface area contributed by atoms with E-state index in [-0.39, 0.29) is 11.9 Å². The third kappa shape index (κ3) is 2.74. The lowest BCUT2D eigenvalue weighted by atomic mass is 9.99. The van der Waals surface area contributed by atoms with Crippen LogP contribution in [0.1, 0.15) is 42.7 Å². The van der Waals surface area contributed by atoms with Crippen LogP contribution in [0.4, 0.5) is 0 Å². The van der Waals surface area contributed by atoms with Crippen molar-refractivity contribution < 1.29 is 14.3 Å². The van der Waals surface area contributed by atoms with Gasteiger partial charge in [0.15, 0.2) is 5.69 Å². The first-order valence-corrected chi connectivity index (χ1v) is 6.72. The molecule has 0 unspecified atom stereocenters. The molecule has 0 saturated carbocycles. The topological polar surface area (TPSA) is 48.4 Å². The van der Waals surface area contributed by atoms with Gasteiger partial charge in [-0.3, -0.25) is 0 Å². The number of hydrogen-bond donors (Lipinski definition) is 0. The van der Waals surface area contributed by atoms with E-state index in [1.165, 1.54) is 0 Å². The molecular weight excluding hydrogens is 254 g/mol. The second-order valence-corrected chi connectivity index (χ2v) is 4.86. The number of benzene rings is 1. The molecule has 0 atom stereocenters. The Morgan fingerprint density at radius 1 is 1.30 bits per heavy atom. The Labute approximate surface area is 118 Å². The van der Waals surface area contributed by atoms with Gasteiger partial charge in [0.1, 0.15) is 5.75 Å². The maximum Gasteiger partial charge on any atom is 0.357 e. The number of nitrogens with zero attached hydrogens (tertiary/aromatic N) is 1. The number of ether oxygens (including phenoxy) is 2. The van der Waals surface area contributed by atoms with Crippen molar-refractivity contribution in [2.75, 3.05) is 13.7 Å². The zero-order valence-electron chi connectivity index (χ0n) is 12.3. The van der Waals surface area contributed by atoms with Crippen LogP contribution in [0.15, 0.2) is 24.3 Å². The first-order chi connectivity index (χ1) is 9.56. The summed E-state index contributed by atoms with van der Waals surface area (Å²) in [5.74, 6) is 0.601. The molecule has 106 valence electrons. The standard InChI is InChI=1S/C16H19NO3/c1-5-20-16(18)15-13(10(2)3)9-11-8-12(19-4)6-7-14(11)17-15/h6-10H,5H2,1-4H3. The van der Waals surface area contributed by atoms with E-state index in [4.69, 9.17) is 9.47 Å². The highest BCUT2D eigenvalue weighted by Crippen LogP contribution is 2.26. The molecule has 2 aromatic rings. The van der Waals surface area contributed by atoms with E-state index in [1.54, 1.807) is 14.0 Å². The molecule has 2 rings (SSSR count). The zero-order valence-corrected chi connectivity index (χ0v) is 12.3. The number of carbonyl (C=O) groups is 1. The second kappa shape index (κ2) is 5.90. The van der Waals surface area contributed by atoms with Gasteiger partial charge in [-0.05, 0) is 42.7 Å². The van der Waals surface area contributed by atoms with Crippen LogP contribution in [0.3, 0.4) is 0 Å².